The van der Waals surface area contributed by atoms with Gasteiger partial charge in [-0.05, 0) is 48.5 Å². The number of nitrogens with zero attached hydrogens (tertiary/aromatic N) is 1. The largest absolute Gasteiger partial charge is 0.477 e. The minimum atomic E-state index is -1.12. The highest BCUT2D eigenvalue weighted by molar-refractivity contribution is 6.14. The highest BCUT2D eigenvalue weighted by atomic mass is 19.1. The van der Waals surface area contributed by atoms with Crippen molar-refractivity contribution in [2.75, 3.05) is 0 Å². The van der Waals surface area contributed by atoms with Crippen LogP contribution in [-0.2, 0) is 0 Å². The van der Waals surface area contributed by atoms with Gasteiger partial charge in [-0.15, -0.1) is 0 Å². The number of H-pyrrole nitrogens is 1. The van der Waals surface area contributed by atoms with E-state index >= 15 is 0 Å². The van der Waals surface area contributed by atoms with Crippen molar-refractivity contribution in [2.24, 2.45) is 0 Å². The number of hydrogen-bond donors (Lipinski definition) is 2. The van der Waals surface area contributed by atoms with E-state index in [9.17, 15) is 14.0 Å². The zero-order valence-electron chi connectivity index (χ0n) is 12.8. The Morgan fingerprint density at radius 2 is 1.60 bits per heavy atom. The van der Waals surface area contributed by atoms with Crippen LogP contribution in [0.1, 0.15) is 26.4 Å². The molecule has 0 aliphatic heterocycles. The van der Waals surface area contributed by atoms with Gasteiger partial charge in [0.05, 0.1) is 11.7 Å². The first-order valence-electron chi connectivity index (χ1n) is 7.48. The molecular formula is C19H11FN2O3. The highest BCUT2D eigenvalue weighted by Crippen LogP contribution is 2.27. The van der Waals surface area contributed by atoms with Gasteiger partial charge in [-0.1, -0.05) is 0 Å². The van der Waals surface area contributed by atoms with Crippen molar-refractivity contribution in [3.05, 3.63) is 77.4 Å². The predicted octanol–water partition coefficient (Wildman–Crippen LogP) is 3.78. The third kappa shape index (κ3) is 2.53. The molecule has 0 aliphatic carbocycles. The number of halogens is 1. The summed E-state index contributed by atoms with van der Waals surface area (Å²) in [7, 11) is 0. The number of carboxylic acid groups (broad SMARTS) is 1. The van der Waals surface area contributed by atoms with Crippen LogP contribution in [0.25, 0.3) is 21.8 Å². The van der Waals surface area contributed by atoms with Crippen LogP contribution in [-0.4, -0.2) is 26.8 Å². The number of benzene rings is 2. The number of nitrogens with one attached hydrogen (secondary N) is 1. The van der Waals surface area contributed by atoms with Gasteiger partial charge < -0.3 is 10.1 Å². The van der Waals surface area contributed by atoms with Gasteiger partial charge in [0.2, 0.25) is 0 Å². The molecule has 0 amide bonds. The van der Waals surface area contributed by atoms with Crippen molar-refractivity contribution in [1.82, 2.24) is 9.97 Å². The third-order valence-corrected chi connectivity index (χ3v) is 4.07. The summed E-state index contributed by atoms with van der Waals surface area (Å²) in [5.74, 6) is -1.75. The molecule has 0 saturated carbocycles. The summed E-state index contributed by atoms with van der Waals surface area (Å²) in [6.45, 7) is 0. The van der Waals surface area contributed by atoms with Gasteiger partial charge in [0, 0.05) is 27.4 Å². The van der Waals surface area contributed by atoms with E-state index in [1.807, 2.05) is 0 Å². The SMILES string of the molecule is O=C(c1ccc(F)cc1)c1ccc2[nH]c3cnc(C(=O)O)cc3c2c1. The van der Waals surface area contributed by atoms with Gasteiger partial charge in [-0.25, -0.2) is 14.2 Å². The van der Waals surface area contributed by atoms with Crippen molar-refractivity contribution >= 4 is 33.6 Å². The number of rotatable bonds is 3. The lowest BCUT2D eigenvalue weighted by Crippen LogP contribution is -2.01. The number of hydrogen-bond acceptors (Lipinski definition) is 3. The molecule has 2 aromatic carbocycles. The Morgan fingerprint density at radius 1 is 0.920 bits per heavy atom. The molecule has 0 aliphatic rings. The van der Waals surface area contributed by atoms with E-state index in [0.717, 1.165) is 10.9 Å². The first kappa shape index (κ1) is 15.0. The van der Waals surface area contributed by atoms with Crippen LogP contribution in [0, 0.1) is 5.82 Å². The normalized spacial score (nSPS) is 11.1. The molecule has 0 unspecified atom stereocenters. The molecule has 25 heavy (non-hydrogen) atoms. The summed E-state index contributed by atoms with van der Waals surface area (Å²) in [4.78, 5) is 30.8. The van der Waals surface area contributed by atoms with Crippen LogP contribution < -0.4 is 0 Å². The summed E-state index contributed by atoms with van der Waals surface area (Å²) >= 11 is 0. The van der Waals surface area contributed by atoms with Crippen LogP contribution in [0.5, 0.6) is 0 Å². The lowest BCUT2D eigenvalue weighted by molar-refractivity contribution is 0.0690. The molecule has 122 valence electrons. The molecule has 6 heteroatoms. The number of pyridine rings is 1. The molecule has 0 bridgehead atoms. The quantitative estimate of drug-likeness (QED) is 0.559. The zero-order valence-corrected chi connectivity index (χ0v) is 12.8. The number of fused-ring (bicyclic) bond motifs is 3. The molecule has 2 heterocycles. The van der Waals surface area contributed by atoms with Crippen LogP contribution in [0.15, 0.2) is 54.7 Å². The van der Waals surface area contributed by atoms with E-state index in [2.05, 4.69) is 9.97 Å². The topological polar surface area (TPSA) is 83.0 Å². The second kappa shape index (κ2) is 5.52. The lowest BCUT2D eigenvalue weighted by Gasteiger charge is -2.02. The number of aromatic amines is 1. The van der Waals surface area contributed by atoms with Gasteiger partial charge in [0.15, 0.2) is 5.78 Å². The molecule has 4 aromatic rings. The molecule has 0 atom stereocenters. The Bertz CT molecular complexity index is 1150. The smallest absolute Gasteiger partial charge is 0.354 e. The van der Waals surface area contributed by atoms with Gasteiger partial charge in [-0.2, -0.15) is 0 Å². The Hall–Kier alpha value is -3.54. The fourth-order valence-corrected chi connectivity index (χ4v) is 2.83. The maximum Gasteiger partial charge on any atom is 0.354 e. The molecular weight excluding hydrogens is 323 g/mol. The van der Waals surface area contributed by atoms with E-state index in [0.29, 0.717) is 22.0 Å². The van der Waals surface area contributed by atoms with E-state index in [4.69, 9.17) is 5.11 Å². The van der Waals surface area contributed by atoms with E-state index in [1.54, 1.807) is 18.2 Å². The Morgan fingerprint density at radius 3 is 2.32 bits per heavy atom. The lowest BCUT2D eigenvalue weighted by atomic mass is 10.0. The summed E-state index contributed by atoms with van der Waals surface area (Å²) in [5.41, 5.74) is 2.22. The number of carbonyl (C=O) groups excluding carboxylic acids is 1. The van der Waals surface area contributed by atoms with Crippen LogP contribution >= 0.6 is 0 Å². The van der Waals surface area contributed by atoms with Crippen LogP contribution in [0.3, 0.4) is 0 Å². The molecule has 0 spiro atoms. The summed E-state index contributed by atoms with van der Waals surface area (Å²) in [5, 5.41) is 10.5. The summed E-state index contributed by atoms with van der Waals surface area (Å²) in [6, 6.07) is 12.0. The number of aromatic nitrogens is 2. The second-order valence-electron chi connectivity index (χ2n) is 5.64. The molecule has 2 aromatic heterocycles. The third-order valence-electron chi connectivity index (χ3n) is 4.07. The maximum atomic E-state index is 13.0. The van der Waals surface area contributed by atoms with Gasteiger partial charge in [0.1, 0.15) is 11.5 Å². The molecule has 0 saturated heterocycles. The van der Waals surface area contributed by atoms with E-state index < -0.39 is 11.8 Å². The first-order valence-corrected chi connectivity index (χ1v) is 7.48. The first-order chi connectivity index (χ1) is 12.0. The molecule has 2 N–H and O–H groups in total. The van der Waals surface area contributed by atoms with Crippen molar-refractivity contribution in [2.45, 2.75) is 0 Å². The number of carboxylic acids is 1. The minimum absolute atomic E-state index is 0.0661. The number of aromatic carboxylic acids is 1. The highest BCUT2D eigenvalue weighted by Gasteiger charge is 2.14. The van der Waals surface area contributed by atoms with Crippen LogP contribution in [0.2, 0.25) is 0 Å². The standard InChI is InChI=1S/C19H11FN2O3/c20-12-4-1-10(2-5-12)18(23)11-3-6-15-13(7-11)14-8-16(19(24)25)21-9-17(14)22-15/h1-9,22H,(H,24,25). The fraction of sp³-hybridized carbons (Fsp3) is 0. The van der Waals surface area contributed by atoms with Gasteiger partial charge >= 0.3 is 5.97 Å². The Balaban J connectivity index is 1.87. The summed E-state index contributed by atoms with van der Waals surface area (Å²) < 4.78 is 13.0. The van der Waals surface area contributed by atoms with Gasteiger partial charge in [0.25, 0.3) is 0 Å². The van der Waals surface area contributed by atoms with Crippen molar-refractivity contribution in [3.8, 4) is 0 Å². The monoisotopic (exact) mass is 334 g/mol. The minimum Gasteiger partial charge on any atom is -0.477 e. The Labute approximate surface area is 140 Å². The van der Waals surface area contributed by atoms with Crippen molar-refractivity contribution < 1.29 is 19.1 Å². The second-order valence-corrected chi connectivity index (χ2v) is 5.64. The maximum absolute atomic E-state index is 13.0. The number of carbonyl (C=O) groups is 2. The van der Waals surface area contributed by atoms with Crippen molar-refractivity contribution in [3.63, 3.8) is 0 Å². The number of ketones is 1. The predicted molar refractivity (Wildman–Crippen MR) is 90.4 cm³/mol. The fourth-order valence-electron chi connectivity index (χ4n) is 2.83. The van der Waals surface area contributed by atoms with Crippen molar-refractivity contribution in [1.29, 1.82) is 0 Å². The van der Waals surface area contributed by atoms with Gasteiger partial charge in [-0.3, -0.25) is 4.79 Å². The average molecular weight is 334 g/mol. The summed E-state index contributed by atoms with van der Waals surface area (Å²) in [6.07, 6.45) is 1.46. The molecule has 0 fully saturated rings. The van der Waals surface area contributed by atoms with Crippen LogP contribution in [0.4, 0.5) is 4.39 Å². The Kier molecular flexibility index (Phi) is 3.32. The average Bonchev–Trinajstić information content (AvgIpc) is 2.98. The van der Waals surface area contributed by atoms with E-state index in [-0.39, 0.29) is 11.5 Å². The zero-order chi connectivity index (χ0) is 17.6. The molecule has 0 radical (unpaired) electrons. The van der Waals surface area contributed by atoms with E-state index in [1.165, 1.54) is 36.5 Å². The molecule has 5 nitrogen and oxygen atoms in total. The molecule has 4 rings (SSSR count).